The molecule has 168 valence electrons. The van der Waals surface area contributed by atoms with Crippen LogP contribution in [-0.2, 0) is 33.8 Å². The van der Waals surface area contributed by atoms with E-state index in [2.05, 4.69) is 47.6 Å². The van der Waals surface area contributed by atoms with Crippen LogP contribution in [0.2, 0.25) is 0 Å². The first kappa shape index (κ1) is 22.4. The molecule has 3 atom stereocenters. The zero-order chi connectivity index (χ0) is 22.0. The molecule has 0 spiro atoms. The zero-order valence-electron chi connectivity index (χ0n) is 18.5. The second-order valence-electron chi connectivity index (χ2n) is 8.01. The van der Waals surface area contributed by atoms with Gasteiger partial charge < -0.3 is 14.2 Å². The highest BCUT2D eigenvalue weighted by Crippen LogP contribution is 2.24. The molecule has 32 heavy (non-hydrogen) atoms. The van der Waals surface area contributed by atoms with Crippen molar-refractivity contribution < 1.29 is 14.2 Å². The Balaban J connectivity index is 1.40. The molecule has 1 aromatic heterocycles. The summed E-state index contributed by atoms with van der Waals surface area (Å²) in [5, 5.41) is 8.57. The minimum absolute atomic E-state index is 0.203. The van der Waals surface area contributed by atoms with Gasteiger partial charge in [-0.1, -0.05) is 85.3 Å². The second-order valence-corrected chi connectivity index (χ2v) is 8.01. The summed E-state index contributed by atoms with van der Waals surface area (Å²) in [6.45, 7) is 3.65. The van der Waals surface area contributed by atoms with E-state index in [1.165, 1.54) is 0 Å². The lowest BCUT2D eigenvalue weighted by Crippen LogP contribution is -2.39. The van der Waals surface area contributed by atoms with E-state index in [-0.39, 0.29) is 18.4 Å². The van der Waals surface area contributed by atoms with Crippen LogP contribution in [0.15, 0.2) is 79.0 Å². The van der Waals surface area contributed by atoms with Crippen molar-refractivity contribution in [3.8, 4) is 0 Å². The number of aryl methyl sites for hydroxylation is 1. The molecule has 0 aliphatic carbocycles. The molecule has 6 nitrogen and oxygen atoms in total. The van der Waals surface area contributed by atoms with Crippen LogP contribution in [0.5, 0.6) is 0 Å². The molecule has 0 N–H and O–H groups in total. The fourth-order valence-electron chi connectivity index (χ4n) is 3.62. The van der Waals surface area contributed by atoms with Crippen LogP contribution in [0, 0.1) is 0 Å². The first-order valence-electron chi connectivity index (χ1n) is 11.3. The van der Waals surface area contributed by atoms with Crippen molar-refractivity contribution >= 4 is 0 Å². The van der Waals surface area contributed by atoms with Crippen LogP contribution >= 0.6 is 0 Å². The Labute approximate surface area is 189 Å². The number of unbranched alkanes of at least 4 members (excludes halogenated alkanes) is 1. The number of hydrogen-bond donors (Lipinski definition) is 0. The molecule has 2 aromatic carbocycles. The molecule has 4 rings (SSSR count). The van der Waals surface area contributed by atoms with Crippen LogP contribution in [0.25, 0.3) is 0 Å². The summed E-state index contributed by atoms with van der Waals surface area (Å²) in [7, 11) is 0. The van der Waals surface area contributed by atoms with Gasteiger partial charge in [0.1, 0.15) is 12.2 Å². The summed E-state index contributed by atoms with van der Waals surface area (Å²) >= 11 is 0. The third kappa shape index (κ3) is 6.36. The SMILES string of the molecule is CCCCc1cn([C@@H]2C=C[C@H](OCc3ccccc3)[C@@H](COCc3ccccc3)O2)nn1. The van der Waals surface area contributed by atoms with Crippen molar-refractivity contribution in [2.24, 2.45) is 0 Å². The smallest absolute Gasteiger partial charge is 0.171 e. The van der Waals surface area contributed by atoms with E-state index >= 15 is 0 Å². The Morgan fingerprint density at radius 1 is 0.938 bits per heavy atom. The highest BCUT2D eigenvalue weighted by Gasteiger charge is 2.29. The van der Waals surface area contributed by atoms with Crippen molar-refractivity contribution in [3.05, 3.63) is 95.8 Å². The molecule has 0 unspecified atom stereocenters. The lowest BCUT2D eigenvalue weighted by atomic mass is 10.1. The van der Waals surface area contributed by atoms with Crippen molar-refractivity contribution in [1.82, 2.24) is 15.0 Å². The summed E-state index contributed by atoms with van der Waals surface area (Å²) in [5.74, 6) is 0. The van der Waals surface area contributed by atoms with E-state index < -0.39 is 0 Å². The molecular formula is C26H31N3O3. The van der Waals surface area contributed by atoms with Gasteiger partial charge in [0.2, 0.25) is 0 Å². The third-order valence-corrected chi connectivity index (χ3v) is 5.43. The molecule has 0 bridgehead atoms. The van der Waals surface area contributed by atoms with Crippen molar-refractivity contribution in [2.75, 3.05) is 6.61 Å². The van der Waals surface area contributed by atoms with Gasteiger partial charge >= 0.3 is 0 Å². The molecule has 2 heterocycles. The first-order valence-corrected chi connectivity index (χ1v) is 11.3. The summed E-state index contributed by atoms with van der Waals surface area (Å²) in [5.41, 5.74) is 3.25. The Hall–Kier alpha value is -2.80. The molecular weight excluding hydrogens is 402 g/mol. The van der Waals surface area contributed by atoms with E-state index in [0.29, 0.717) is 19.8 Å². The molecule has 0 saturated carbocycles. The second kappa shape index (κ2) is 11.7. The Morgan fingerprint density at radius 2 is 1.66 bits per heavy atom. The quantitative estimate of drug-likeness (QED) is 0.404. The molecule has 6 heteroatoms. The van der Waals surface area contributed by atoms with E-state index in [0.717, 1.165) is 36.1 Å². The molecule has 0 radical (unpaired) electrons. The van der Waals surface area contributed by atoms with Gasteiger partial charge in [-0.25, -0.2) is 4.68 Å². The summed E-state index contributed by atoms with van der Waals surface area (Å²) in [6.07, 6.45) is 8.41. The number of hydrogen-bond acceptors (Lipinski definition) is 5. The van der Waals surface area contributed by atoms with Crippen LogP contribution < -0.4 is 0 Å². The van der Waals surface area contributed by atoms with Crippen molar-refractivity contribution in [3.63, 3.8) is 0 Å². The molecule has 0 amide bonds. The molecule has 1 aliphatic heterocycles. The van der Waals surface area contributed by atoms with E-state index in [1.807, 2.05) is 48.7 Å². The van der Waals surface area contributed by atoms with Gasteiger partial charge in [-0.3, -0.25) is 0 Å². The van der Waals surface area contributed by atoms with Crippen molar-refractivity contribution in [1.29, 1.82) is 0 Å². The average Bonchev–Trinajstić information content (AvgIpc) is 3.32. The largest absolute Gasteiger partial charge is 0.374 e. The maximum Gasteiger partial charge on any atom is 0.171 e. The van der Waals surface area contributed by atoms with Crippen LogP contribution in [0.3, 0.4) is 0 Å². The summed E-state index contributed by atoms with van der Waals surface area (Å²) < 4.78 is 20.3. The number of aromatic nitrogens is 3. The van der Waals surface area contributed by atoms with E-state index in [1.54, 1.807) is 4.68 Å². The predicted octanol–water partition coefficient (Wildman–Crippen LogP) is 4.88. The normalized spacial score (nSPS) is 20.5. The molecule has 0 saturated heterocycles. The Bertz CT molecular complexity index is 959. The van der Waals surface area contributed by atoms with Crippen LogP contribution in [0.1, 0.15) is 42.8 Å². The third-order valence-electron chi connectivity index (χ3n) is 5.43. The van der Waals surface area contributed by atoms with E-state index in [9.17, 15) is 0 Å². The summed E-state index contributed by atoms with van der Waals surface area (Å²) in [4.78, 5) is 0. The monoisotopic (exact) mass is 433 g/mol. The highest BCUT2D eigenvalue weighted by atomic mass is 16.6. The number of ether oxygens (including phenoxy) is 3. The Kier molecular flexibility index (Phi) is 8.20. The lowest BCUT2D eigenvalue weighted by Gasteiger charge is -2.32. The maximum atomic E-state index is 6.35. The maximum absolute atomic E-state index is 6.35. The van der Waals surface area contributed by atoms with Gasteiger partial charge in [0, 0.05) is 0 Å². The molecule has 0 fully saturated rings. The molecule has 3 aromatic rings. The Morgan fingerprint density at radius 3 is 2.38 bits per heavy atom. The fraction of sp³-hybridized carbons (Fsp3) is 0.385. The average molecular weight is 434 g/mol. The number of rotatable bonds is 11. The van der Waals surface area contributed by atoms with Gasteiger partial charge in [0.05, 0.1) is 31.7 Å². The lowest BCUT2D eigenvalue weighted by molar-refractivity contribution is -0.139. The number of nitrogens with zero attached hydrogens (tertiary/aromatic N) is 3. The van der Waals surface area contributed by atoms with Gasteiger partial charge in [-0.2, -0.15) is 0 Å². The van der Waals surface area contributed by atoms with E-state index in [4.69, 9.17) is 14.2 Å². The van der Waals surface area contributed by atoms with Gasteiger partial charge in [0.25, 0.3) is 0 Å². The highest BCUT2D eigenvalue weighted by molar-refractivity contribution is 5.14. The minimum atomic E-state index is -0.320. The molecule has 1 aliphatic rings. The topological polar surface area (TPSA) is 58.4 Å². The van der Waals surface area contributed by atoms with Gasteiger partial charge in [-0.05, 0) is 30.0 Å². The standard InChI is InChI=1S/C26H31N3O3/c1-2-3-14-23-17-29(28-27-23)26-16-15-24(31-19-22-12-8-5-9-13-22)25(32-26)20-30-18-21-10-6-4-7-11-21/h4-13,15-17,24-26H,2-3,14,18-20H2,1H3/t24-,25+,26-/m0/s1. The van der Waals surface area contributed by atoms with Crippen molar-refractivity contribution in [2.45, 2.75) is 57.8 Å². The predicted molar refractivity (Wildman–Crippen MR) is 123 cm³/mol. The van der Waals surface area contributed by atoms with Crippen LogP contribution in [-0.4, -0.2) is 33.8 Å². The minimum Gasteiger partial charge on any atom is -0.374 e. The van der Waals surface area contributed by atoms with Gasteiger partial charge in [0.15, 0.2) is 6.23 Å². The van der Waals surface area contributed by atoms with Crippen LogP contribution in [0.4, 0.5) is 0 Å². The first-order chi connectivity index (χ1) is 15.8. The fourth-order valence-corrected chi connectivity index (χ4v) is 3.62. The van der Waals surface area contributed by atoms with Gasteiger partial charge in [-0.15, -0.1) is 5.10 Å². The summed E-state index contributed by atoms with van der Waals surface area (Å²) in [6, 6.07) is 20.3. The zero-order valence-corrected chi connectivity index (χ0v) is 18.5. The number of benzene rings is 2.